The van der Waals surface area contributed by atoms with E-state index in [1.54, 1.807) is 0 Å². The third kappa shape index (κ3) is 5.84. The van der Waals surface area contributed by atoms with Crippen LogP contribution in [-0.2, 0) is 0 Å². The lowest BCUT2D eigenvalue weighted by atomic mass is 9.93. The average Bonchev–Trinajstić information content (AvgIpc) is 2.27. The van der Waals surface area contributed by atoms with Gasteiger partial charge in [-0.15, -0.1) is 0 Å². The molecule has 0 aromatic carbocycles. The van der Waals surface area contributed by atoms with Gasteiger partial charge in [0.2, 0.25) is 0 Å². The van der Waals surface area contributed by atoms with Gasteiger partial charge in [0.1, 0.15) is 5.54 Å². The smallest absolute Gasteiger partial charge is 0.105 e. The number of nitrogens with one attached hydrogen (secondary N) is 1. The SMILES string of the molecule is CCCC(C)N(C)C(C)CC(C)(C#N)NC(C)C. The minimum absolute atomic E-state index is 0.334. The number of nitriles is 1. The molecule has 18 heavy (non-hydrogen) atoms. The van der Waals surface area contributed by atoms with Crippen molar-refractivity contribution in [3.05, 3.63) is 0 Å². The highest BCUT2D eigenvalue weighted by Crippen LogP contribution is 2.18. The summed E-state index contributed by atoms with van der Waals surface area (Å²) < 4.78 is 0. The summed E-state index contributed by atoms with van der Waals surface area (Å²) in [5.74, 6) is 0. The molecule has 0 fully saturated rings. The van der Waals surface area contributed by atoms with E-state index in [9.17, 15) is 5.26 Å². The maximum absolute atomic E-state index is 9.38. The van der Waals surface area contributed by atoms with Gasteiger partial charge in [0.15, 0.2) is 0 Å². The lowest BCUT2D eigenvalue weighted by Crippen LogP contribution is -2.50. The minimum atomic E-state index is -0.437. The molecule has 3 atom stereocenters. The van der Waals surface area contributed by atoms with Crippen molar-refractivity contribution in [2.24, 2.45) is 0 Å². The van der Waals surface area contributed by atoms with Gasteiger partial charge in [-0.25, -0.2) is 0 Å². The molecule has 0 bridgehead atoms. The van der Waals surface area contributed by atoms with Gasteiger partial charge in [-0.2, -0.15) is 5.26 Å². The van der Waals surface area contributed by atoms with Crippen molar-refractivity contribution in [3.8, 4) is 6.07 Å². The fraction of sp³-hybridized carbons (Fsp3) is 0.933. The van der Waals surface area contributed by atoms with Gasteiger partial charge in [-0.3, -0.25) is 5.32 Å². The van der Waals surface area contributed by atoms with E-state index in [0.29, 0.717) is 18.1 Å². The molecular weight excluding hydrogens is 222 g/mol. The van der Waals surface area contributed by atoms with Gasteiger partial charge in [-0.1, -0.05) is 13.3 Å². The number of rotatable bonds is 8. The Hall–Kier alpha value is -0.590. The Kier molecular flexibility index (Phi) is 7.51. The predicted octanol–water partition coefficient (Wildman–Crippen LogP) is 3.17. The lowest BCUT2D eigenvalue weighted by Gasteiger charge is -2.36. The van der Waals surface area contributed by atoms with Gasteiger partial charge < -0.3 is 4.90 Å². The second-order valence-electron chi connectivity index (χ2n) is 6.10. The van der Waals surface area contributed by atoms with Gasteiger partial charge in [0.05, 0.1) is 6.07 Å². The summed E-state index contributed by atoms with van der Waals surface area (Å²) in [4.78, 5) is 2.39. The van der Waals surface area contributed by atoms with Crippen LogP contribution in [0.4, 0.5) is 0 Å². The van der Waals surface area contributed by atoms with Crippen molar-refractivity contribution in [1.29, 1.82) is 5.26 Å². The van der Waals surface area contributed by atoms with Crippen molar-refractivity contribution in [1.82, 2.24) is 10.2 Å². The molecule has 0 aromatic rings. The molecule has 0 radical (unpaired) electrons. The summed E-state index contributed by atoms with van der Waals surface area (Å²) in [5.41, 5.74) is -0.437. The Bertz CT molecular complexity index is 269. The van der Waals surface area contributed by atoms with Crippen LogP contribution in [0.15, 0.2) is 0 Å². The van der Waals surface area contributed by atoms with E-state index < -0.39 is 5.54 Å². The standard InChI is InChI=1S/C15H31N3/c1-8-9-13(4)18(7)14(5)10-15(6,11-16)17-12(2)3/h12-14,17H,8-10H2,1-7H3. The van der Waals surface area contributed by atoms with Gasteiger partial charge in [0, 0.05) is 18.1 Å². The van der Waals surface area contributed by atoms with Crippen LogP contribution in [0.5, 0.6) is 0 Å². The molecule has 106 valence electrons. The minimum Gasteiger partial charge on any atom is -0.301 e. The molecule has 0 aliphatic heterocycles. The first kappa shape index (κ1) is 17.4. The van der Waals surface area contributed by atoms with Crippen LogP contribution in [0.1, 0.15) is 60.8 Å². The Labute approximate surface area is 114 Å². The maximum atomic E-state index is 9.38. The fourth-order valence-corrected chi connectivity index (χ4v) is 2.56. The molecule has 3 unspecified atom stereocenters. The topological polar surface area (TPSA) is 39.1 Å². The summed E-state index contributed by atoms with van der Waals surface area (Å²) >= 11 is 0. The zero-order valence-corrected chi connectivity index (χ0v) is 13.2. The zero-order valence-electron chi connectivity index (χ0n) is 13.2. The quantitative estimate of drug-likeness (QED) is 0.722. The molecule has 0 aliphatic carbocycles. The van der Waals surface area contributed by atoms with Crippen LogP contribution >= 0.6 is 0 Å². The molecule has 0 aliphatic rings. The van der Waals surface area contributed by atoms with Crippen LogP contribution in [0.3, 0.4) is 0 Å². The first-order valence-electron chi connectivity index (χ1n) is 7.16. The highest BCUT2D eigenvalue weighted by Gasteiger charge is 2.29. The predicted molar refractivity (Wildman–Crippen MR) is 78.5 cm³/mol. The third-order valence-corrected chi connectivity index (χ3v) is 3.65. The first-order valence-corrected chi connectivity index (χ1v) is 7.16. The monoisotopic (exact) mass is 253 g/mol. The summed E-state index contributed by atoms with van der Waals surface area (Å²) in [6.45, 7) is 12.9. The van der Waals surface area contributed by atoms with E-state index in [0.717, 1.165) is 6.42 Å². The molecule has 3 heteroatoms. The Morgan fingerprint density at radius 2 is 1.78 bits per heavy atom. The van der Waals surface area contributed by atoms with Crippen molar-refractivity contribution < 1.29 is 0 Å². The summed E-state index contributed by atoms with van der Waals surface area (Å²) in [6, 6.07) is 3.74. The molecule has 0 saturated carbocycles. The highest BCUT2D eigenvalue weighted by atomic mass is 15.2. The van der Waals surface area contributed by atoms with E-state index in [1.165, 1.54) is 12.8 Å². The van der Waals surface area contributed by atoms with Crippen molar-refractivity contribution in [2.45, 2.75) is 84.5 Å². The molecule has 3 nitrogen and oxygen atoms in total. The van der Waals surface area contributed by atoms with Gasteiger partial charge >= 0.3 is 0 Å². The first-order chi connectivity index (χ1) is 8.25. The molecule has 0 rings (SSSR count). The van der Waals surface area contributed by atoms with E-state index in [1.807, 2.05) is 6.92 Å². The normalized spacial score (nSPS) is 18.4. The van der Waals surface area contributed by atoms with Crippen LogP contribution in [-0.4, -0.2) is 35.6 Å². The maximum Gasteiger partial charge on any atom is 0.105 e. The molecule has 0 spiro atoms. The molecule has 0 saturated heterocycles. The summed E-state index contributed by atoms with van der Waals surface area (Å²) in [6.07, 6.45) is 3.27. The van der Waals surface area contributed by atoms with Crippen molar-refractivity contribution in [2.75, 3.05) is 7.05 Å². The van der Waals surface area contributed by atoms with E-state index in [-0.39, 0.29) is 0 Å². The van der Waals surface area contributed by atoms with E-state index >= 15 is 0 Å². The molecule has 0 heterocycles. The largest absolute Gasteiger partial charge is 0.301 e. The molecule has 1 N–H and O–H groups in total. The third-order valence-electron chi connectivity index (χ3n) is 3.65. The number of hydrogen-bond acceptors (Lipinski definition) is 3. The lowest BCUT2D eigenvalue weighted by molar-refractivity contribution is 0.156. The molecule has 0 aromatic heterocycles. The second-order valence-corrected chi connectivity index (χ2v) is 6.10. The van der Waals surface area contributed by atoms with Crippen molar-refractivity contribution in [3.63, 3.8) is 0 Å². The Balaban J connectivity index is 4.52. The number of hydrogen-bond donors (Lipinski definition) is 1. The van der Waals surface area contributed by atoms with Crippen molar-refractivity contribution >= 4 is 0 Å². The summed E-state index contributed by atoms with van der Waals surface area (Å²) in [7, 11) is 2.16. The molecule has 0 amide bonds. The zero-order chi connectivity index (χ0) is 14.3. The van der Waals surface area contributed by atoms with E-state index in [4.69, 9.17) is 0 Å². The Morgan fingerprint density at radius 3 is 2.17 bits per heavy atom. The van der Waals surface area contributed by atoms with E-state index in [2.05, 4.69) is 58.0 Å². The average molecular weight is 253 g/mol. The highest BCUT2D eigenvalue weighted by molar-refractivity contribution is 5.06. The molecular formula is C15H31N3. The Morgan fingerprint density at radius 1 is 1.22 bits per heavy atom. The van der Waals surface area contributed by atoms with Crippen LogP contribution < -0.4 is 5.32 Å². The van der Waals surface area contributed by atoms with Crippen LogP contribution in [0.25, 0.3) is 0 Å². The van der Waals surface area contributed by atoms with Gasteiger partial charge in [0.25, 0.3) is 0 Å². The fourth-order valence-electron chi connectivity index (χ4n) is 2.56. The number of nitrogens with zero attached hydrogens (tertiary/aromatic N) is 2. The van der Waals surface area contributed by atoms with Crippen LogP contribution in [0, 0.1) is 11.3 Å². The second kappa shape index (κ2) is 7.76. The van der Waals surface area contributed by atoms with Crippen LogP contribution in [0.2, 0.25) is 0 Å². The summed E-state index contributed by atoms with van der Waals surface area (Å²) in [5, 5.41) is 12.8. The van der Waals surface area contributed by atoms with Gasteiger partial charge in [-0.05, 0) is 54.5 Å².